The van der Waals surface area contributed by atoms with Gasteiger partial charge in [-0.25, -0.2) is 8.42 Å². The maximum absolute atomic E-state index is 12.2. The van der Waals surface area contributed by atoms with Gasteiger partial charge in [-0.15, -0.1) is 0 Å². The van der Waals surface area contributed by atoms with Gasteiger partial charge in [0.2, 0.25) is 0 Å². The first-order valence-electron chi connectivity index (χ1n) is 5.66. The van der Waals surface area contributed by atoms with Crippen molar-refractivity contribution in [2.24, 2.45) is 0 Å². The molecule has 1 aliphatic heterocycles. The highest BCUT2D eigenvalue weighted by Gasteiger charge is 2.40. The Morgan fingerprint density at radius 2 is 2.05 bits per heavy atom. The van der Waals surface area contributed by atoms with Gasteiger partial charge in [-0.2, -0.15) is 13.2 Å². The van der Waals surface area contributed by atoms with Crippen LogP contribution in [0.5, 0.6) is 5.75 Å². The van der Waals surface area contributed by atoms with E-state index >= 15 is 0 Å². The Balaban J connectivity index is 2.21. The van der Waals surface area contributed by atoms with Gasteiger partial charge in [-0.1, -0.05) is 12.1 Å². The number of carbonyl (C=O) groups is 1. The largest absolute Gasteiger partial charge is 0.490 e. The Hall–Kier alpha value is -1.48. The van der Waals surface area contributed by atoms with Crippen LogP contribution >= 0.6 is 10.7 Å². The van der Waals surface area contributed by atoms with Gasteiger partial charge >= 0.3 is 12.1 Å². The lowest BCUT2D eigenvalue weighted by molar-refractivity contribution is -0.174. The monoisotopic (exact) mass is 343 g/mol. The summed E-state index contributed by atoms with van der Waals surface area (Å²) in [7, 11) is 1.22. The molecule has 0 fully saturated rings. The molecule has 1 aromatic rings. The van der Waals surface area contributed by atoms with Gasteiger partial charge in [0.05, 0.1) is 6.04 Å². The number of carbonyl (C=O) groups excluding carboxylic acids is 1. The van der Waals surface area contributed by atoms with Gasteiger partial charge in [-0.3, -0.25) is 4.79 Å². The Morgan fingerprint density at radius 3 is 2.62 bits per heavy atom. The summed E-state index contributed by atoms with van der Waals surface area (Å²) in [5, 5.41) is 1.79. The van der Waals surface area contributed by atoms with Gasteiger partial charge in [-0.05, 0) is 18.1 Å². The lowest BCUT2D eigenvalue weighted by Crippen LogP contribution is -2.48. The van der Waals surface area contributed by atoms with E-state index in [2.05, 4.69) is 0 Å². The van der Waals surface area contributed by atoms with E-state index < -0.39 is 27.2 Å². The number of fused-ring (bicyclic) bond motifs is 1. The number of alkyl halides is 3. The number of benzene rings is 1. The summed E-state index contributed by atoms with van der Waals surface area (Å²) in [5.74, 6) is -2.06. The maximum atomic E-state index is 12.2. The van der Waals surface area contributed by atoms with E-state index in [0.29, 0.717) is 5.56 Å². The molecule has 1 atom stereocenters. The van der Waals surface area contributed by atoms with Crippen LogP contribution in [0.1, 0.15) is 5.56 Å². The van der Waals surface area contributed by atoms with E-state index in [-0.39, 0.29) is 23.7 Å². The zero-order chi connectivity index (χ0) is 15.8. The standard InChI is InChI=1S/C11H9ClF3NO4S/c12-21(18,19)8-3-1-2-6-4-7(5-20-9(6)8)16-10(17)11(13,14)15/h1-3,7H,4-5H2,(H,16,17). The topological polar surface area (TPSA) is 72.5 Å². The van der Waals surface area contributed by atoms with Crippen LogP contribution < -0.4 is 10.1 Å². The number of hydrogen-bond acceptors (Lipinski definition) is 4. The Kier molecular flexibility index (Phi) is 4.07. The van der Waals surface area contributed by atoms with Crippen molar-refractivity contribution in [3.05, 3.63) is 23.8 Å². The van der Waals surface area contributed by atoms with Crippen molar-refractivity contribution in [3.63, 3.8) is 0 Å². The molecule has 116 valence electrons. The molecule has 0 bridgehead atoms. The average Bonchev–Trinajstić information content (AvgIpc) is 2.35. The summed E-state index contributed by atoms with van der Waals surface area (Å²) in [6, 6.07) is 3.22. The normalized spacial score (nSPS) is 18.6. The highest BCUT2D eigenvalue weighted by atomic mass is 35.7. The van der Waals surface area contributed by atoms with Crippen LogP contribution in [0.25, 0.3) is 0 Å². The lowest BCUT2D eigenvalue weighted by atomic mass is 10.0. The van der Waals surface area contributed by atoms with E-state index in [4.69, 9.17) is 15.4 Å². The fourth-order valence-corrected chi connectivity index (χ4v) is 2.96. The minimum atomic E-state index is -4.98. The molecule has 0 saturated carbocycles. The predicted octanol–water partition coefficient (Wildman–Crippen LogP) is 1.60. The average molecular weight is 344 g/mol. The minimum Gasteiger partial charge on any atom is -0.490 e. The molecule has 0 radical (unpaired) electrons. The van der Waals surface area contributed by atoms with Crippen molar-refractivity contribution in [2.75, 3.05) is 6.61 Å². The molecule has 1 heterocycles. The number of amides is 1. The second-order valence-corrected chi connectivity index (χ2v) is 6.90. The van der Waals surface area contributed by atoms with Crippen molar-refractivity contribution < 1.29 is 31.1 Å². The molecule has 1 aromatic carbocycles. The van der Waals surface area contributed by atoms with Gasteiger partial charge in [0, 0.05) is 10.7 Å². The molecule has 1 aliphatic rings. The van der Waals surface area contributed by atoms with E-state index in [1.165, 1.54) is 18.2 Å². The van der Waals surface area contributed by atoms with Crippen molar-refractivity contribution in [3.8, 4) is 5.75 Å². The van der Waals surface area contributed by atoms with Crippen LogP contribution in [-0.4, -0.2) is 33.1 Å². The summed E-state index contributed by atoms with van der Waals surface area (Å²) in [6.07, 6.45) is -4.97. The summed E-state index contributed by atoms with van der Waals surface area (Å²) in [6.45, 7) is -0.280. The lowest BCUT2D eigenvalue weighted by Gasteiger charge is -2.27. The van der Waals surface area contributed by atoms with Crippen molar-refractivity contribution >= 4 is 25.6 Å². The summed E-state index contributed by atoms with van der Waals surface area (Å²) in [4.78, 5) is 10.6. The summed E-state index contributed by atoms with van der Waals surface area (Å²) < 4.78 is 64.4. The van der Waals surface area contributed by atoms with Crippen LogP contribution in [0.4, 0.5) is 13.2 Å². The SMILES string of the molecule is O=C(NC1COc2c(cccc2S(=O)(=O)Cl)C1)C(F)(F)F. The molecule has 1 amide bonds. The molecule has 1 N–H and O–H groups in total. The molecular weight excluding hydrogens is 335 g/mol. The first-order chi connectivity index (χ1) is 9.59. The number of halogens is 4. The van der Waals surface area contributed by atoms with Crippen LogP contribution in [0.2, 0.25) is 0 Å². The Labute approximate surface area is 122 Å². The molecule has 0 aromatic heterocycles. The van der Waals surface area contributed by atoms with Crippen LogP contribution in [0.15, 0.2) is 23.1 Å². The molecule has 21 heavy (non-hydrogen) atoms. The molecule has 0 saturated heterocycles. The van der Waals surface area contributed by atoms with Crippen molar-refractivity contribution in [1.29, 1.82) is 0 Å². The van der Waals surface area contributed by atoms with Gasteiger partial charge < -0.3 is 10.1 Å². The van der Waals surface area contributed by atoms with E-state index in [1.807, 2.05) is 0 Å². The third kappa shape index (κ3) is 3.59. The van der Waals surface area contributed by atoms with Crippen molar-refractivity contribution in [1.82, 2.24) is 5.32 Å². The number of ether oxygens (including phenoxy) is 1. The number of nitrogens with one attached hydrogen (secondary N) is 1. The Bertz CT molecular complexity index is 675. The second-order valence-electron chi connectivity index (χ2n) is 4.37. The molecule has 5 nitrogen and oxygen atoms in total. The molecule has 0 spiro atoms. The van der Waals surface area contributed by atoms with Crippen LogP contribution in [0.3, 0.4) is 0 Å². The zero-order valence-electron chi connectivity index (χ0n) is 10.3. The zero-order valence-corrected chi connectivity index (χ0v) is 11.8. The number of para-hydroxylation sites is 1. The highest BCUT2D eigenvalue weighted by Crippen LogP contribution is 2.34. The molecule has 10 heteroatoms. The van der Waals surface area contributed by atoms with E-state index in [0.717, 1.165) is 0 Å². The predicted molar refractivity (Wildman–Crippen MR) is 66.7 cm³/mol. The van der Waals surface area contributed by atoms with Gasteiger partial charge in [0.15, 0.2) is 0 Å². The molecule has 0 aliphatic carbocycles. The number of rotatable bonds is 2. The molecule has 2 rings (SSSR count). The third-order valence-corrected chi connectivity index (χ3v) is 4.16. The van der Waals surface area contributed by atoms with Gasteiger partial charge in [0.1, 0.15) is 17.3 Å². The van der Waals surface area contributed by atoms with E-state index in [9.17, 15) is 26.4 Å². The third-order valence-electron chi connectivity index (χ3n) is 2.81. The smallest absolute Gasteiger partial charge is 0.471 e. The van der Waals surface area contributed by atoms with E-state index in [1.54, 1.807) is 5.32 Å². The van der Waals surface area contributed by atoms with Crippen molar-refractivity contribution in [2.45, 2.75) is 23.5 Å². The fraction of sp³-hybridized carbons (Fsp3) is 0.364. The first kappa shape index (κ1) is 15.9. The van der Waals surface area contributed by atoms with Crippen LogP contribution in [-0.2, 0) is 20.3 Å². The van der Waals surface area contributed by atoms with Crippen LogP contribution in [0, 0.1) is 0 Å². The molecular formula is C11H9ClF3NO4S. The van der Waals surface area contributed by atoms with Gasteiger partial charge in [0.25, 0.3) is 9.05 Å². The quantitative estimate of drug-likeness (QED) is 0.828. The minimum absolute atomic E-state index is 0.00464. The molecule has 1 unspecified atom stereocenters. The number of hydrogen-bond donors (Lipinski definition) is 1. The second kappa shape index (κ2) is 5.38. The Morgan fingerprint density at radius 1 is 1.38 bits per heavy atom. The fourth-order valence-electron chi connectivity index (χ4n) is 1.95. The summed E-state index contributed by atoms with van der Waals surface area (Å²) >= 11 is 0. The summed E-state index contributed by atoms with van der Waals surface area (Å²) in [5.41, 5.74) is 0.357. The first-order valence-corrected chi connectivity index (χ1v) is 7.97. The maximum Gasteiger partial charge on any atom is 0.471 e. The highest BCUT2D eigenvalue weighted by molar-refractivity contribution is 8.13.